The van der Waals surface area contributed by atoms with Crippen molar-refractivity contribution in [3.05, 3.63) is 39.3 Å². The van der Waals surface area contributed by atoms with Crippen molar-refractivity contribution in [2.75, 3.05) is 25.2 Å². The minimum absolute atomic E-state index is 0.0177. The Morgan fingerprint density at radius 2 is 2.15 bits per heavy atom. The van der Waals surface area contributed by atoms with Gasteiger partial charge in [0.25, 0.3) is 0 Å². The standard InChI is InChI=1S/C21H27F4N3O3S2/c1-14-10-20(18-16(3-7-31-20)9-17(32-18)21(24,25)19(22)23)4-5-27(14)12-15-11-26-28(13-15)6-8-33(2,29)30/h9,11,13-14,19H,3-8,10,12H2,1-2H3/t14-,20+/m0/s1. The van der Waals surface area contributed by atoms with Gasteiger partial charge in [-0.05, 0) is 37.8 Å². The number of likely N-dealkylation sites (tertiary alicyclic amines) is 1. The summed E-state index contributed by atoms with van der Waals surface area (Å²) >= 11 is 0.758. The molecule has 0 aliphatic carbocycles. The van der Waals surface area contributed by atoms with Crippen LogP contribution in [0.15, 0.2) is 18.5 Å². The van der Waals surface area contributed by atoms with Gasteiger partial charge in [0.05, 0.1) is 30.0 Å². The van der Waals surface area contributed by atoms with Crippen LogP contribution in [0.3, 0.4) is 0 Å². The Balaban J connectivity index is 1.46. The average Bonchev–Trinajstić information content (AvgIpc) is 3.36. The van der Waals surface area contributed by atoms with Crippen LogP contribution in [0.1, 0.15) is 40.6 Å². The molecule has 4 heterocycles. The molecule has 1 fully saturated rings. The van der Waals surface area contributed by atoms with Crippen molar-refractivity contribution >= 4 is 21.2 Å². The van der Waals surface area contributed by atoms with Gasteiger partial charge in [-0.2, -0.15) is 13.9 Å². The molecule has 0 bridgehead atoms. The molecule has 4 rings (SSSR count). The summed E-state index contributed by atoms with van der Waals surface area (Å²) in [4.78, 5) is 2.30. The smallest absolute Gasteiger partial charge is 0.341 e. The summed E-state index contributed by atoms with van der Waals surface area (Å²) in [6.07, 6.45) is 2.58. The second kappa shape index (κ2) is 8.94. The maximum Gasteiger partial charge on any atom is 0.341 e. The first-order valence-corrected chi connectivity index (χ1v) is 13.6. The van der Waals surface area contributed by atoms with Gasteiger partial charge in [0.1, 0.15) is 15.4 Å². The Labute approximate surface area is 194 Å². The predicted octanol–water partition coefficient (Wildman–Crippen LogP) is 3.80. The number of halogens is 4. The van der Waals surface area contributed by atoms with Crippen LogP contribution in [0.5, 0.6) is 0 Å². The molecule has 6 nitrogen and oxygen atoms in total. The number of aromatic nitrogens is 2. The van der Waals surface area contributed by atoms with E-state index < -0.39 is 32.7 Å². The molecule has 33 heavy (non-hydrogen) atoms. The number of aryl methyl sites for hydroxylation is 1. The van der Waals surface area contributed by atoms with E-state index in [1.807, 2.05) is 13.1 Å². The highest BCUT2D eigenvalue weighted by Crippen LogP contribution is 2.50. The first kappa shape index (κ1) is 24.6. The van der Waals surface area contributed by atoms with Gasteiger partial charge in [-0.1, -0.05) is 0 Å². The van der Waals surface area contributed by atoms with Crippen molar-refractivity contribution in [2.45, 2.75) is 63.3 Å². The van der Waals surface area contributed by atoms with Crippen molar-refractivity contribution < 1.29 is 30.7 Å². The molecule has 2 aliphatic rings. The Hall–Kier alpha value is -1.50. The summed E-state index contributed by atoms with van der Waals surface area (Å²) in [5, 5.41) is 4.23. The summed E-state index contributed by atoms with van der Waals surface area (Å²) in [6.45, 7) is 3.96. The number of piperidine rings is 1. The second-order valence-electron chi connectivity index (χ2n) is 9.00. The summed E-state index contributed by atoms with van der Waals surface area (Å²) in [5.74, 6) is -4.14. The first-order chi connectivity index (χ1) is 15.4. The van der Waals surface area contributed by atoms with E-state index in [0.29, 0.717) is 49.4 Å². The van der Waals surface area contributed by atoms with Crippen LogP contribution in [0, 0.1) is 0 Å². The Morgan fingerprint density at radius 1 is 1.39 bits per heavy atom. The summed E-state index contributed by atoms with van der Waals surface area (Å²) in [7, 11) is -3.07. The molecule has 0 saturated carbocycles. The van der Waals surface area contributed by atoms with E-state index in [1.54, 1.807) is 10.9 Å². The molecular weight excluding hydrogens is 482 g/mol. The lowest BCUT2D eigenvalue weighted by Crippen LogP contribution is -2.49. The summed E-state index contributed by atoms with van der Waals surface area (Å²) in [6, 6.07) is 1.29. The molecule has 2 aliphatic heterocycles. The predicted molar refractivity (Wildman–Crippen MR) is 117 cm³/mol. The molecule has 12 heteroatoms. The number of hydrogen-bond donors (Lipinski definition) is 0. The molecule has 184 valence electrons. The van der Waals surface area contributed by atoms with Gasteiger partial charge in [0.15, 0.2) is 0 Å². The SMILES string of the molecule is C[C@H]1C[C@@]2(CCN1Cc1cnn(CCS(C)(=O)=O)c1)OCCc1cc(C(F)(F)C(F)F)sc12. The van der Waals surface area contributed by atoms with Gasteiger partial charge < -0.3 is 4.74 Å². The van der Waals surface area contributed by atoms with Crippen molar-refractivity contribution in [1.29, 1.82) is 0 Å². The van der Waals surface area contributed by atoms with E-state index >= 15 is 0 Å². The van der Waals surface area contributed by atoms with Gasteiger partial charge in [-0.3, -0.25) is 9.58 Å². The van der Waals surface area contributed by atoms with Gasteiger partial charge in [-0.15, -0.1) is 11.3 Å². The third kappa shape index (κ3) is 5.13. The van der Waals surface area contributed by atoms with E-state index in [9.17, 15) is 26.0 Å². The zero-order chi connectivity index (χ0) is 24.0. The molecule has 2 aromatic rings. The number of nitrogens with zero attached hydrogens (tertiary/aromatic N) is 3. The summed E-state index contributed by atoms with van der Waals surface area (Å²) in [5.41, 5.74) is 0.908. The fourth-order valence-electron chi connectivity index (χ4n) is 4.62. The highest BCUT2D eigenvalue weighted by atomic mass is 32.2. The van der Waals surface area contributed by atoms with E-state index in [1.165, 1.54) is 12.3 Å². The molecule has 0 unspecified atom stereocenters. The molecule has 1 spiro atoms. The summed E-state index contributed by atoms with van der Waals surface area (Å²) < 4.78 is 84.3. The van der Waals surface area contributed by atoms with Crippen LogP contribution in [-0.2, 0) is 45.6 Å². The minimum Gasteiger partial charge on any atom is -0.369 e. The first-order valence-electron chi connectivity index (χ1n) is 10.8. The number of thiophene rings is 1. The van der Waals surface area contributed by atoms with E-state index in [0.717, 1.165) is 16.9 Å². The van der Waals surface area contributed by atoms with Crippen LogP contribution in [0.2, 0.25) is 0 Å². The minimum atomic E-state index is -4.16. The zero-order valence-corrected chi connectivity index (χ0v) is 20.1. The number of alkyl halides is 4. The monoisotopic (exact) mass is 509 g/mol. The number of fused-ring (bicyclic) bond motifs is 2. The largest absolute Gasteiger partial charge is 0.369 e. The van der Waals surface area contributed by atoms with E-state index in [4.69, 9.17) is 4.74 Å². The second-order valence-corrected chi connectivity index (χ2v) is 12.3. The fourth-order valence-corrected chi connectivity index (χ4v) is 6.51. The molecule has 0 aromatic carbocycles. The molecular formula is C21H27F4N3O3S2. The zero-order valence-electron chi connectivity index (χ0n) is 18.4. The highest BCUT2D eigenvalue weighted by Gasteiger charge is 2.49. The topological polar surface area (TPSA) is 64.4 Å². The Kier molecular flexibility index (Phi) is 6.67. The molecule has 2 aromatic heterocycles. The number of ether oxygens (including phenoxy) is 1. The average molecular weight is 510 g/mol. The quantitative estimate of drug-likeness (QED) is 0.532. The van der Waals surface area contributed by atoms with Crippen LogP contribution in [0.4, 0.5) is 17.6 Å². The van der Waals surface area contributed by atoms with Gasteiger partial charge in [0.2, 0.25) is 0 Å². The Bertz CT molecular complexity index is 1100. The normalized spacial score (nSPS) is 24.5. The van der Waals surface area contributed by atoms with E-state index in [2.05, 4.69) is 10.00 Å². The molecule has 0 amide bonds. The Morgan fingerprint density at radius 3 is 2.82 bits per heavy atom. The highest BCUT2D eigenvalue weighted by molar-refractivity contribution is 7.90. The van der Waals surface area contributed by atoms with Crippen LogP contribution >= 0.6 is 11.3 Å². The van der Waals surface area contributed by atoms with Crippen molar-refractivity contribution in [3.63, 3.8) is 0 Å². The van der Waals surface area contributed by atoms with Gasteiger partial charge in [-0.25, -0.2) is 17.2 Å². The van der Waals surface area contributed by atoms with E-state index in [-0.39, 0.29) is 18.3 Å². The molecule has 0 N–H and O–H groups in total. The molecule has 1 saturated heterocycles. The van der Waals surface area contributed by atoms with Gasteiger partial charge in [0, 0.05) is 42.0 Å². The maximum atomic E-state index is 14.0. The lowest BCUT2D eigenvalue weighted by molar-refractivity contribution is -0.132. The third-order valence-corrected chi connectivity index (χ3v) is 8.76. The molecule has 2 atom stereocenters. The van der Waals surface area contributed by atoms with Crippen molar-refractivity contribution in [3.8, 4) is 0 Å². The third-order valence-electron chi connectivity index (χ3n) is 6.39. The lowest BCUT2D eigenvalue weighted by Gasteiger charge is -2.47. The lowest BCUT2D eigenvalue weighted by atomic mass is 9.82. The maximum absolute atomic E-state index is 14.0. The fraction of sp³-hybridized carbons (Fsp3) is 0.667. The van der Waals surface area contributed by atoms with Gasteiger partial charge >= 0.3 is 12.3 Å². The van der Waals surface area contributed by atoms with Crippen LogP contribution in [-0.4, -0.2) is 60.7 Å². The van der Waals surface area contributed by atoms with Crippen molar-refractivity contribution in [2.24, 2.45) is 0 Å². The number of hydrogen-bond acceptors (Lipinski definition) is 6. The molecule has 0 radical (unpaired) electrons. The number of rotatable bonds is 7. The van der Waals surface area contributed by atoms with Crippen LogP contribution < -0.4 is 0 Å². The van der Waals surface area contributed by atoms with Crippen LogP contribution in [0.25, 0.3) is 0 Å². The number of sulfone groups is 1. The van der Waals surface area contributed by atoms with Crippen molar-refractivity contribution in [1.82, 2.24) is 14.7 Å².